The topological polar surface area (TPSA) is 118 Å². The number of nitro benzene ring substituents is 1. The van der Waals surface area contributed by atoms with Gasteiger partial charge in [0, 0.05) is 17.1 Å². The van der Waals surface area contributed by atoms with Crippen molar-refractivity contribution in [3.8, 4) is 0 Å². The van der Waals surface area contributed by atoms with E-state index in [0.717, 1.165) is 22.9 Å². The van der Waals surface area contributed by atoms with Crippen LogP contribution in [0.1, 0.15) is 13.8 Å². The fourth-order valence-electron chi connectivity index (χ4n) is 3.10. The molecule has 3 rings (SSSR count). The summed E-state index contributed by atoms with van der Waals surface area (Å²) in [6, 6.07) is 16.8. The first-order valence-electron chi connectivity index (χ1n) is 9.25. The van der Waals surface area contributed by atoms with Gasteiger partial charge in [-0.15, -0.1) is 0 Å². The monoisotopic (exact) mass is 427 g/mol. The second kappa shape index (κ2) is 8.60. The molecule has 0 unspecified atom stereocenters. The summed E-state index contributed by atoms with van der Waals surface area (Å²) >= 11 is 0. The molecule has 0 bridgehead atoms. The zero-order chi connectivity index (χ0) is 21.9. The van der Waals surface area contributed by atoms with Gasteiger partial charge in [0.25, 0.3) is 5.69 Å². The first kappa shape index (κ1) is 21.4. The Kier molecular flexibility index (Phi) is 6.14. The van der Waals surface area contributed by atoms with Crippen molar-refractivity contribution in [2.75, 3.05) is 5.32 Å². The van der Waals surface area contributed by atoms with E-state index in [1.165, 1.54) is 12.1 Å². The lowest BCUT2D eigenvalue weighted by atomic mass is 10.0. The number of amides is 1. The fourth-order valence-corrected chi connectivity index (χ4v) is 4.62. The van der Waals surface area contributed by atoms with Crippen LogP contribution in [0.15, 0.2) is 71.6 Å². The highest BCUT2D eigenvalue weighted by molar-refractivity contribution is 7.89. The van der Waals surface area contributed by atoms with E-state index in [0.29, 0.717) is 5.69 Å². The predicted molar refractivity (Wildman–Crippen MR) is 115 cm³/mol. The van der Waals surface area contributed by atoms with Crippen LogP contribution < -0.4 is 10.0 Å². The molecule has 30 heavy (non-hydrogen) atoms. The molecule has 8 nitrogen and oxygen atoms in total. The summed E-state index contributed by atoms with van der Waals surface area (Å²) in [4.78, 5) is 22.9. The first-order valence-corrected chi connectivity index (χ1v) is 10.7. The second-order valence-corrected chi connectivity index (χ2v) is 8.77. The van der Waals surface area contributed by atoms with Crippen LogP contribution in [-0.4, -0.2) is 25.3 Å². The number of fused-ring (bicyclic) bond motifs is 1. The van der Waals surface area contributed by atoms with Gasteiger partial charge in [0.2, 0.25) is 15.9 Å². The van der Waals surface area contributed by atoms with E-state index in [2.05, 4.69) is 10.0 Å². The molecule has 1 amide bonds. The molecule has 0 aromatic heterocycles. The van der Waals surface area contributed by atoms with Gasteiger partial charge in [-0.2, -0.15) is 4.72 Å². The number of nitrogens with one attached hydrogen (secondary N) is 2. The van der Waals surface area contributed by atoms with Gasteiger partial charge in [0.1, 0.15) is 6.04 Å². The van der Waals surface area contributed by atoms with Crippen LogP contribution in [0.5, 0.6) is 0 Å². The van der Waals surface area contributed by atoms with Gasteiger partial charge in [-0.3, -0.25) is 14.9 Å². The summed E-state index contributed by atoms with van der Waals surface area (Å²) in [5.41, 5.74) is -0.00407. The molecular formula is C21H21N3O5S. The largest absolute Gasteiger partial charge is 0.324 e. The number of hydrogen-bond donors (Lipinski definition) is 2. The zero-order valence-electron chi connectivity index (χ0n) is 16.4. The predicted octanol–water partition coefficient (Wildman–Crippen LogP) is 3.69. The molecule has 0 aliphatic heterocycles. The third kappa shape index (κ3) is 4.47. The lowest BCUT2D eigenvalue weighted by molar-refractivity contribution is -0.387. The Morgan fingerprint density at radius 3 is 2.30 bits per heavy atom. The molecule has 0 heterocycles. The van der Waals surface area contributed by atoms with Crippen LogP contribution >= 0.6 is 0 Å². The van der Waals surface area contributed by atoms with Crippen molar-refractivity contribution in [1.29, 1.82) is 0 Å². The van der Waals surface area contributed by atoms with E-state index < -0.39 is 43.4 Å². The number of anilines is 1. The Bertz CT molecular complexity index is 1200. The average molecular weight is 427 g/mol. The first-order chi connectivity index (χ1) is 14.2. The molecule has 0 spiro atoms. The van der Waals surface area contributed by atoms with Gasteiger partial charge >= 0.3 is 0 Å². The summed E-state index contributed by atoms with van der Waals surface area (Å²) in [6.45, 7) is 3.38. The van der Waals surface area contributed by atoms with Crippen molar-refractivity contribution < 1.29 is 18.1 Å². The maximum absolute atomic E-state index is 13.0. The average Bonchev–Trinajstić information content (AvgIpc) is 2.72. The van der Waals surface area contributed by atoms with E-state index in [-0.39, 0.29) is 0 Å². The molecule has 0 aliphatic rings. The van der Waals surface area contributed by atoms with Gasteiger partial charge in [-0.1, -0.05) is 62.4 Å². The lowest BCUT2D eigenvalue weighted by Gasteiger charge is -2.22. The highest BCUT2D eigenvalue weighted by atomic mass is 32.2. The van der Waals surface area contributed by atoms with Crippen molar-refractivity contribution in [1.82, 2.24) is 4.72 Å². The molecule has 0 saturated heterocycles. The third-order valence-electron chi connectivity index (χ3n) is 4.63. The molecule has 3 aromatic carbocycles. The maximum Gasteiger partial charge on any atom is 0.289 e. The molecule has 0 saturated carbocycles. The SMILES string of the molecule is CC(C)[C@@H](NS(=O)(=O)c1ccccc1[N+](=O)[O-])C(=O)Nc1cccc2ccccc12. The maximum atomic E-state index is 13.0. The quantitative estimate of drug-likeness (QED) is 0.440. The number of rotatable bonds is 7. The molecular weight excluding hydrogens is 406 g/mol. The Hall–Kier alpha value is -3.30. The molecule has 156 valence electrons. The Labute approximate surface area is 174 Å². The van der Waals surface area contributed by atoms with E-state index >= 15 is 0 Å². The van der Waals surface area contributed by atoms with Crippen LogP contribution in [0, 0.1) is 16.0 Å². The van der Waals surface area contributed by atoms with E-state index in [9.17, 15) is 23.3 Å². The minimum Gasteiger partial charge on any atom is -0.324 e. The molecule has 0 radical (unpaired) electrons. The Morgan fingerprint density at radius 1 is 0.967 bits per heavy atom. The van der Waals surface area contributed by atoms with E-state index in [1.54, 1.807) is 26.0 Å². The Balaban J connectivity index is 1.91. The number of hydrogen-bond acceptors (Lipinski definition) is 5. The van der Waals surface area contributed by atoms with Crippen molar-refractivity contribution in [3.05, 3.63) is 76.8 Å². The van der Waals surface area contributed by atoms with Crippen molar-refractivity contribution >= 4 is 38.1 Å². The van der Waals surface area contributed by atoms with Crippen LogP contribution in [0.2, 0.25) is 0 Å². The number of carbonyl (C=O) groups is 1. The second-order valence-electron chi connectivity index (χ2n) is 7.08. The number of carbonyl (C=O) groups excluding carboxylic acids is 1. The minimum atomic E-state index is -4.31. The number of benzene rings is 3. The molecule has 0 fully saturated rings. The number of nitrogens with zero attached hydrogens (tertiary/aromatic N) is 1. The van der Waals surface area contributed by atoms with Gasteiger partial charge in [-0.25, -0.2) is 8.42 Å². The minimum absolute atomic E-state index is 0.405. The van der Waals surface area contributed by atoms with Crippen molar-refractivity contribution in [2.24, 2.45) is 5.92 Å². The molecule has 1 atom stereocenters. The van der Waals surface area contributed by atoms with Gasteiger partial charge in [0.05, 0.1) is 4.92 Å². The fraction of sp³-hybridized carbons (Fsp3) is 0.190. The zero-order valence-corrected chi connectivity index (χ0v) is 17.2. The molecule has 3 aromatic rings. The van der Waals surface area contributed by atoms with Crippen molar-refractivity contribution in [3.63, 3.8) is 0 Å². The standard InChI is InChI=1S/C21H21N3O5S/c1-14(2)20(23-30(28,29)19-13-6-5-12-18(19)24(26)27)21(25)22-17-11-7-9-15-8-3-4-10-16(15)17/h3-14,20,23H,1-2H3,(H,22,25)/t20-/m1/s1. The van der Waals surface area contributed by atoms with Crippen LogP contribution in [0.25, 0.3) is 10.8 Å². The highest BCUT2D eigenvalue weighted by Crippen LogP contribution is 2.25. The highest BCUT2D eigenvalue weighted by Gasteiger charge is 2.32. The normalized spacial score (nSPS) is 12.6. The number of para-hydroxylation sites is 1. The summed E-state index contributed by atoms with van der Waals surface area (Å²) < 4.78 is 28.0. The van der Waals surface area contributed by atoms with E-state index in [4.69, 9.17) is 0 Å². The molecule has 9 heteroatoms. The summed E-state index contributed by atoms with van der Waals surface area (Å²) in [5, 5.41) is 15.7. The Morgan fingerprint density at radius 2 is 1.60 bits per heavy atom. The number of sulfonamides is 1. The van der Waals surface area contributed by atoms with E-state index in [1.807, 2.05) is 30.3 Å². The van der Waals surface area contributed by atoms with Crippen molar-refractivity contribution in [2.45, 2.75) is 24.8 Å². The third-order valence-corrected chi connectivity index (χ3v) is 6.12. The molecule has 2 N–H and O–H groups in total. The lowest BCUT2D eigenvalue weighted by Crippen LogP contribution is -2.47. The van der Waals surface area contributed by atoms with Gasteiger partial charge < -0.3 is 5.32 Å². The van der Waals surface area contributed by atoms with Crippen LogP contribution in [-0.2, 0) is 14.8 Å². The summed E-state index contributed by atoms with van der Waals surface area (Å²) in [6.07, 6.45) is 0. The van der Waals surface area contributed by atoms with Gasteiger partial charge in [0.15, 0.2) is 4.90 Å². The summed E-state index contributed by atoms with van der Waals surface area (Å²) in [5.74, 6) is -0.957. The summed E-state index contributed by atoms with van der Waals surface area (Å²) in [7, 11) is -4.31. The van der Waals surface area contributed by atoms with Crippen LogP contribution in [0.3, 0.4) is 0 Å². The molecule has 0 aliphatic carbocycles. The van der Waals surface area contributed by atoms with Gasteiger partial charge in [-0.05, 0) is 23.4 Å². The van der Waals surface area contributed by atoms with Crippen LogP contribution in [0.4, 0.5) is 11.4 Å². The smallest absolute Gasteiger partial charge is 0.289 e. The number of nitro groups is 1.